The van der Waals surface area contributed by atoms with Gasteiger partial charge in [0.2, 0.25) is 0 Å². The molecule has 5 heteroatoms. The topological polar surface area (TPSA) is 41.1 Å². The lowest BCUT2D eigenvalue weighted by atomic mass is 10.1. The van der Waals surface area contributed by atoms with Gasteiger partial charge in [-0.15, -0.1) is 0 Å². The fraction of sp³-hybridized carbons (Fsp3) is 0.133. The van der Waals surface area contributed by atoms with Crippen molar-refractivity contribution < 1.29 is 9.18 Å². The minimum absolute atomic E-state index is 0.246. The number of carbonyl (C=O) groups is 1. The van der Waals surface area contributed by atoms with Crippen molar-refractivity contribution in [1.29, 1.82) is 0 Å². The molecule has 1 aliphatic rings. The summed E-state index contributed by atoms with van der Waals surface area (Å²) in [6.07, 6.45) is 0.969. The maximum absolute atomic E-state index is 13.2. The normalized spacial score (nSPS) is 12.7. The van der Waals surface area contributed by atoms with Crippen LogP contribution in [0.15, 0.2) is 36.4 Å². The lowest BCUT2D eigenvalue weighted by Crippen LogP contribution is -2.12. The quantitative estimate of drug-likeness (QED) is 0.885. The van der Waals surface area contributed by atoms with Gasteiger partial charge in [0.1, 0.15) is 5.82 Å². The molecule has 2 aromatic rings. The van der Waals surface area contributed by atoms with Crippen LogP contribution in [0.1, 0.15) is 15.9 Å². The van der Waals surface area contributed by atoms with E-state index in [4.69, 9.17) is 11.6 Å². The molecule has 0 saturated carbocycles. The highest BCUT2D eigenvalue weighted by molar-refractivity contribution is 6.31. The van der Waals surface area contributed by atoms with Crippen LogP contribution in [0.5, 0.6) is 0 Å². The van der Waals surface area contributed by atoms with Gasteiger partial charge in [-0.3, -0.25) is 4.79 Å². The molecule has 0 fully saturated rings. The van der Waals surface area contributed by atoms with Crippen molar-refractivity contribution >= 4 is 28.9 Å². The summed E-state index contributed by atoms with van der Waals surface area (Å²) in [5.74, 6) is -0.772. The van der Waals surface area contributed by atoms with E-state index in [0.29, 0.717) is 11.3 Å². The lowest BCUT2D eigenvalue weighted by molar-refractivity contribution is 0.102. The van der Waals surface area contributed by atoms with E-state index in [1.54, 1.807) is 12.1 Å². The van der Waals surface area contributed by atoms with E-state index in [2.05, 4.69) is 10.6 Å². The first-order valence-corrected chi connectivity index (χ1v) is 6.64. The van der Waals surface area contributed by atoms with Crippen molar-refractivity contribution in [1.82, 2.24) is 0 Å². The molecule has 0 unspecified atom stereocenters. The van der Waals surface area contributed by atoms with Crippen LogP contribution in [0.25, 0.3) is 0 Å². The SMILES string of the molecule is O=C(Nc1cc(F)cc(Cl)c1)c1ccc2c(c1)NCC2. The first kappa shape index (κ1) is 12.9. The van der Waals surface area contributed by atoms with Gasteiger partial charge in [0, 0.05) is 28.5 Å². The minimum atomic E-state index is -0.483. The van der Waals surface area contributed by atoms with E-state index in [0.717, 1.165) is 18.7 Å². The Labute approximate surface area is 120 Å². The maximum Gasteiger partial charge on any atom is 0.255 e. The number of halogens is 2. The first-order chi connectivity index (χ1) is 9.61. The Morgan fingerprint density at radius 3 is 2.90 bits per heavy atom. The zero-order valence-electron chi connectivity index (χ0n) is 10.5. The molecule has 2 N–H and O–H groups in total. The van der Waals surface area contributed by atoms with Crippen LogP contribution < -0.4 is 10.6 Å². The molecule has 1 heterocycles. The molecule has 1 aliphatic heterocycles. The Kier molecular flexibility index (Phi) is 3.32. The van der Waals surface area contributed by atoms with Crippen LogP contribution >= 0.6 is 11.6 Å². The van der Waals surface area contributed by atoms with Crippen molar-refractivity contribution in [2.24, 2.45) is 0 Å². The van der Waals surface area contributed by atoms with E-state index >= 15 is 0 Å². The van der Waals surface area contributed by atoms with Gasteiger partial charge in [-0.2, -0.15) is 0 Å². The third kappa shape index (κ3) is 2.60. The Morgan fingerprint density at radius 2 is 2.10 bits per heavy atom. The molecule has 2 aromatic carbocycles. The highest BCUT2D eigenvalue weighted by atomic mass is 35.5. The Balaban J connectivity index is 1.82. The molecule has 0 radical (unpaired) electrons. The summed E-state index contributed by atoms with van der Waals surface area (Å²) in [5, 5.41) is 6.10. The van der Waals surface area contributed by atoms with Crippen LogP contribution in [0.4, 0.5) is 15.8 Å². The molecule has 0 spiro atoms. The zero-order chi connectivity index (χ0) is 14.1. The molecule has 0 atom stereocenters. The van der Waals surface area contributed by atoms with E-state index in [9.17, 15) is 9.18 Å². The number of fused-ring (bicyclic) bond motifs is 1. The monoisotopic (exact) mass is 290 g/mol. The fourth-order valence-corrected chi connectivity index (χ4v) is 2.48. The standard InChI is InChI=1S/C15H12ClFN2O/c16-11-6-12(17)8-13(7-11)19-15(20)10-2-1-9-3-4-18-14(9)5-10/h1-2,5-8,18H,3-4H2,(H,19,20). The average molecular weight is 291 g/mol. The molecule has 20 heavy (non-hydrogen) atoms. The molecule has 0 aliphatic carbocycles. The van der Waals surface area contributed by atoms with Gasteiger partial charge in [0.05, 0.1) is 0 Å². The van der Waals surface area contributed by atoms with Gasteiger partial charge in [0.15, 0.2) is 0 Å². The van der Waals surface area contributed by atoms with Crippen LogP contribution in [0, 0.1) is 5.82 Å². The van der Waals surface area contributed by atoms with Crippen molar-refractivity contribution in [3.8, 4) is 0 Å². The highest BCUT2D eigenvalue weighted by Crippen LogP contribution is 2.24. The van der Waals surface area contributed by atoms with E-state index < -0.39 is 5.82 Å². The summed E-state index contributed by atoms with van der Waals surface area (Å²) in [6.45, 7) is 0.889. The number of hydrogen-bond acceptors (Lipinski definition) is 2. The molecule has 0 saturated heterocycles. The minimum Gasteiger partial charge on any atom is -0.384 e. The Bertz CT molecular complexity index is 667. The second-order valence-corrected chi connectivity index (χ2v) is 5.10. The van der Waals surface area contributed by atoms with Crippen molar-refractivity contribution in [3.05, 3.63) is 58.4 Å². The van der Waals surface area contributed by atoms with Crippen LogP contribution in [-0.2, 0) is 6.42 Å². The molecule has 3 rings (SSSR count). The molecule has 102 valence electrons. The summed E-state index contributed by atoms with van der Waals surface area (Å²) in [7, 11) is 0. The number of benzene rings is 2. The highest BCUT2D eigenvalue weighted by Gasteiger charge is 2.13. The number of amides is 1. The fourth-order valence-electron chi connectivity index (χ4n) is 2.26. The van der Waals surface area contributed by atoms with Crippen molar-refractivity contribution in [2.75, 3.05) is 17.2 Å². The van der Waals surface area contributed by atoms with Gasteiger partial charge in [-0.05, 0) is 42.3 Å². The van der Waals surface area contributed by atoms with Gasteiger partial charge < -0.3 is 10.6 Å². The molecule has 3 nitrogen and oxygen atoms in total. The molecule has 0 aromatic heterocycles. The average Bonchev–Trinajstić information content (AvgIpc) is 2.84. The summed E-state index contributed by atoms with van der Waals surface area (Å²) < 4.78 is 13.2. The predicted octanol–water partition coefficient (Wildman–Crippen LogP) is 3.70. The second-order valence-electron chi connectivity index (χ2n) is 4.66. The Hall–Kier alpha value is -2.07. The van der Waals surface area contributed by atoms with Gasteiger partial charge in [-0.1, -0.05) is 17.7 Å². The number of rotatable bonds is 2. The number of nitrogens with one attached hydrogen (secondary N) is 2. The number of carbonyl (C=O) groups excluding carboxylic acids is 1. The summed E-state index contributed by atoms with van der Waals surface area (Å²) >= 11 is 5.76. The summed E-state index contributed by atoms with van der Waals surface area (Å²) in [6, 6.07) is 9.43. The largest absolute Gasteiger partial charge is 0.384 e. The maximum atomic E-state index is 13.2. The van der Waals surface area contributed by atoms with Gasteiger partial charge >= 0.3 is 0 Å². The van der Waals surface area contributed by atoms with Crippen molar-refractivity contribution in [2.45, 2.75) is 6.42 Å². The third-order valence-electron chi connectivity index (χ3n) is 3.20. The van der Waals surface area contributed by atoms with Crippen molar-refractivity contribution in [3.63, 3.8) is 0 Å². The molecule has 0 bridgehead atoms. The lowest BCUT2D eigenvalue weighted by Gasteiger charge is -2.08. The summed E-state index contributed by atoms with van der Waals surface area (Å²) in [4.78, 5) is 12.1. The molecular formula is C15H12ClFN2O. The predicted molar refractivity (Wildman–Crippen MR) is 78.0 cm³/mol. The molecule has 1 amide bonds. The Morgan fingerprint density at radius 1 is 1.25 bits per heavy atom. The first-order valence-electron chi connectivity index (χ1n) is 6.26. The smallest absolute Gasteiger partial charge is 0.255 e. The van der Waals surface area contributed by atoms with Crippen LogP contribution in [0.2, 0.25) is 5.02 Å². The molecular weight excluding hydrogens is 279 g/mol. The summed E-state index contributed by atoms with van der Waals surface area (Å²) in [5.41, 5.74) is 3.05. The van der Waals surface area contributed by atoms with Crippen LogP contribution in [-0.4, -0.2) is 12.5 Å². The van der Waals surface area contributed by atoms with E-state index in [1.165, 1.54) is 23.8 Å². The van der Waals surface area contributed by atoms with Gasteiger partial charge in [0.25, 0.3) is 5.91 Å². The van der Waals surface area contributed by atoms with E-state index in [-0.39, 0.29) is 10.9 Å². The number of anilines is 2. The zero-order valence-corrected chi connectivity index (χ0v) is 11.3. The number of hydrogen-bond donors (Lipinski definition) is 2. The van der Waals surface area contributed by atoms with E-state index in [1.807, 2.05) is 6.07 Å². The van der Waals surface area contributed by atoms with Crippen LogP contribution in [0.3, 0.4) is 0 Å². The third-order valence-corrected chi connectivity index (χ3v) is 3.42. The second kappa shape index (κ2) is 5.13. The van der Waals surface area contributed by atoms with Gasteiger partial charge in [-0.25, -0.2) is 4.39 Å².